The van der Waals surface area contributed by atoms with Gasteiger partial charge in [0.2, 0.25) is 0 Å². The van der Waals surface area contributed by atoms with Crippen molar-refractivity contribution >= 4 is 0 Å². The first-order valence-electron chi connectivity index (χ1n) is 3.66. The van der Waals surface area contributed by atoms with Crippen molar-refractivity contribution in [2.75, 3.05) is 0 Å². The summed E-state index contributed by atoms with van der Waals surface area (Å²) in [4.78, 5) is 0. The Hall–Kier alpha value is -0.960. The molecule has 1 aromatic carbocycles. The second-order valence-electron chi connectivity index (χ2n) is 2.83. The van der Waals surface area contributed by atoms with E-state index in [1.165, 1.54) is 13.0 Å². The zero-order valence-corrected chi connectivity index (χ0v) is 6.94. The lowest BCUT2D eigenvalue weighted by molar-refractivity contribution is 0.192. The minimum atomic E-state index is -0.973. The summed E-state index contributed by atoms with van der Waals surface area (Å²) in [6.07, 6.45) is -0.973. The molecule has 1 aromatic rings. The smallest absolute Gasteiger partial charge is 0.164 e. The largest absolute Gasteiger partial charge is 0.389 e. The molecule has 0 bridgehead atoms. The van der Waals surface area contributed by atoms with Gasteiger partial charge in [-0.1, -0.05) is 6.07 Å². The molecule has 1 rings (SSSR count). The number of aliphatic hydroxyl groups is 1. The minimum absolute atomic E-state index is 0.00694. The van der Waals surface area contributed by atoms with Crippen LogP contribution < -0.4 is 0 Å². The summed E-state index contributed by atoms with van der Waals surface area (Å²) in [7, 11) is 0. The number of rotatable bonds is 1. The fraction of sp³-hybridized carbons (Fsp3) is 0.333. The van der Waals surface area contributed by atoms with Gasteiger partial charge in [0.1, 0.15) is 0 Å². The molecule has 3 heteroatoms. The van der Waals surface area contributed by atoms with Crippen LogP contribution >= 0.6 is 0 Å². The van der Waals surface area contributed by atoms with Gasteiger partial charge in [-0.25, -0.2) is 8.78 Å². The van der Waals surface area contributed by atoms with Crippen molar-refractivity contribution in [2.24, 2.45) is 0 Å². The average molecular weight is 172 g/mol. The van der Waals surface area contributed by atoms with Crippen molar-refractivity contribution in [1.29, 1.82) is 0 Å². The molecule has 0 amide bonds. The van der Waals surface area contributed by atoms with Gasteiger partial charge in [-0.2, -0.15) is 0 Å². The predicted octanol–water partition coefficient (Wildman–Crippen LogP) is 2.33. The average Bonchev–Trinajstić information content (AvgIpc) is 1.96. The lowest BCUT2D eigenvalue weighted by Crippen LogP contribution is -1.99. The standard InChI is InChI=1S/C9H10F2O/c1-5-3-7(6(2)12)9(11)8(10)4-5/h3-4,6,12H,1-2H3. The molecule has 0 aliphatic carbocycles. The highest BCUT2D eigenvalue weighted by Gasteiger charge is 2.12. The Morgan fingerprint density at radius 3 is 2.42 bits per heavy atom. The van der Waals surface area contributed by atoms with Crippen LogP contribution in [0, 0.1) is 18.6 Å². The zero-order valence-electron chi connectivity index (χ0n) is 6.94. The molecule has 0 heterocycles. The third-order valence-corrected chi connectivity index (χ3v) is 1.65. The van der Waals surface area contributed by atoms with Gasteiger partial charge >= 0.3 is 0 Å². The normalized spacial score (nSPS) is 13.1. The van der Waals surface area contributed by atoms with E-state index in [1.54, 1.807) is 6.92 Å². The van der Waals surface area contributed by atoms with Crippen molar-refractivity contribution < 1.29 is 13.9 Å². The molecule has 0 aliphatic heterocycles. The van der Waals surface area contributed by atoms with E-state index in [2.05, 4.69) is 0 Å². The highest BCUT2D eigenvalue weighted by Crippen LogP contribution is 2.20. The maximum Gasteiger partial charge on any atom is 0.164 e. The van der Waals surface area contributed by atoms with E-state index in [0.29, 0.717) is 5.56 Å². The number of aryl methyl sites for hydroxylation is 1. The Kier molecular flexibility index (Phi) is 2.43. The third-order valence-electron chi connectivity index (χ3n) is 1.65. The molecule has 0 saturated carbocycles. The summed E-state index contributed by atoms with van der Waals surface area (Å²) in [5.74, 6) is -1.87. The van der Waals surface area contributed by atoms with Crippen molar-refractivity contribution in [3.8, 4) is 0 Å². The molecular weight excluding hydrogens is 162 g/mol. The van der Waals surface area contributed by atoms with Crippen LogP contribution in [-0.4, -0.2) is 5.11 Å². The maximum atomic E-state index is 12.9. The molecule has 1 unspecified atom stereocenters. The van der Waals surface area contributed by atoms with Crippen LogP contribution in [0.5, 0.6) is 0 Å². The van der Waals surface area contributed by atoms with E-state index in [1.807, 2.05) is 0 Å². The lowest BCUT2D eigenvalue weighted by atomic mass is 10.1. The highest BCUT2D eigenvalue weighted by molar-refractivity contribution is 5.26. The molecule has 0 fully saturated rings. The van der Waals surface area contributed by atoms with E-state index in [-0.39, 0.29) is 5.56 Å². The molecule has 1 N–H and O–H groups in total. The minimum Gasteiger partial charge on any atom is -0.389 e. The summed E-state index contributed by atoms with van der Waals surface area (Å²) in [6, 6.07) is 2.53. The molecular formula is C9H10F2O. The van der Waals surface area contributed by atoms with Crippen LogP contribution in [0.1, 0.15) is 24.2 Å². The van der Waals surface area contributed by atoms with Gasteiger partial charge in [-0.05, 0) is 25.5 Å². The monoisotopic (exact) mass is 172 g/mol. The molecule has 0 aliphatic rings. The number of hydrogen-bond acceptors (Lipinski definition) is 1. The summed E-state index contributed by atoms with van der Waals surface area (Å²) in [6.45, 7) is 3.05. The van der Waals surface area contributed by atoms with Crippen LogP contribution in [0.3, 0.4) is 0 Å². The van der Waals surface area contributed by atoms with Gasteiger partial charge in [0, 0.05) is 5.56 Å². The van der Waals surface area contributed by atoms with Crippen molar-refractivity contribution in [1.82, 2.24) is 0 Å². The van der Waals surface area contributed by atoms with Crippen LogP contribution in [-0.2, 0) is 0 Å². The molecule has 12 heavy (non-hydrogen) atoms. The second-order valence-corrected chi connectivity index (χ2v) is 2.83. The topological polar surface area (TPSA) is 20.2 Å². The van der Waals surface area contributed by atoms with Gasteiger partial charge in [0.05, 0.1) is 6.10 Å². The zero-order chi connectivity index (χ0) is 9.30. The van der Waals surface area contributed by atoms with Gasteiger partial charge in [0.15, 0.2) is 11.6 Å². The van der Waals surface area contributed by atoms with E-state index in [4.69, 9.17) is 5.11 Å². The summed E-state index contributed by atoms with van der Waals surface area (Å²) in [5.41, 5.74) is 0.609. The van der Waals surface area contributed by atoms with Gasteiger partial charge in [-0.3, -0.25) is 0 Å². The van der Waals surface area contributed by atoms with E-state index in [9.17, 15) is 8.78 Å². The van der Waals surface area contributed by atoms with E-state index < -0.39 is 17.7 Å². The van der Waals surface area contributed by atoms with Crippen molar-refractivity contribution in [2.45, 2.75) is 20.0 Å². The number of halogens is 2. The molecule has 0 radical (unpaired) electrons. The second kappa shape index (κ2) is 3.19. The summed E-state index contributed by atoms with van der Waals surface area (Å²) in [5, 5.41) is 9.05. The van der Waals surface area contributed by atoms with Crippen LogP contribution in [0.2, 0.25) is 0 Å². The van der Waals surface area contributed by atoms with E-state index >= 15 is 0 Å². The van der Waals surface area contributed by atoms with Crippen LogP contribution in [0.25, 0.3) is 0 Å². The molecule has 66 valence electrons. The van der Waals surface area contributed by atoms with Crippen molar-refractivity contribution in [3.05, 3.63) is 34.9 Å². The fourth-order valence-corrected chi connectivity index (χ4v) is 1.06. The van der Waals surface area contributed by atoms with Gasteiger partial charge in [-0.15, -0.1) is 0 Å². The number of benzene rings is 1. The predicted molar refractivity (Wildman–Crippen MR) is 41.7 cm³/mol. The molecule has 0 aromatic heterocycles. The first-order chi connectivity index (χ1) is 5.52. The van der Waals surface area contributed by atoms with Gasteiger partial charge < -0.3 is 5.11 Å². The SMILES string of the molecule is Cc1cc(F)c(F)c(C(C)O)c1. The van der Waals surface area contributed by atoms with Gasteiger partial charge in [0.25, 0.3) is 0 Å². The lowest BCUT2D eigenvalue weighted by Gasteiger charge is -2.07. The van der Waals surface area contributed by atoms with Crippen LogP contribution in [0.4, 0.5) is 8.78 Å². The molecule has 0 saturated heterocycles. The Balaban J connectivity index is 3.28. The Bertz CT molecular complexity index is 295. The van der Waals surface area contributed by atoms with Crippen LogP contribution in [0.15, 0.2) is 12.1 Å². The highest BCUT2D eigenvalue weighted by atomic mass is 19.2. The Morgan fingerprint density at radius 2 is 1.92 bits per heavy atom. The first kappa shape index (κ1) is 9.13. The Labute approximate surface area is 69.7 Å². The maximum absolute atomic E-state index is 12.9. The Morgan fingerprint density at radius 1 is 1.33 bits per heavy atom. The van der Waals surface area contributed by atoms with Crippen molar-refractivity contribution in [3.63, 3.8) is 0 Å². The fourth-order valence-electron chi connectivity index (χ4n) is 1.06. The first-order valence-corrected chi connectivity index (χ1v) is 3.66. The summed E-state index contributed by atoms with van der Waals surface area (Å²) >= 11 is 0. The number of hydrogen-bond donors (Lipinski definition) is 1. The quantitative estimate of drug-likeness (QED) is 0.689. The third kappa shape index (κ3) is 1.61. The number of aliphatic hydroxyl groups excluding tert-OH is 1. The summed E-state index contributed by atoms with van der Waals surface area (Å²) < 4.78 is 25.6. The molecule has 0 spiro atoms. The molecule has 1 atom stereocenters. The van der Waals surface area contributed by atoms with E-state index in [0.717, 1.165) is 6.07 Å². The molecule has 1 nitrogen and oxygen atoms in total.